The SMILES string of the molecule is NC(=O)C1CCCN(Cc2ccccc2NC(=O)C2CCCC(C(F)(F)F)C2)C1. The Bertz CT molecular complexity index is 738. The molecule has 5 nitrogen and oxygen atoms in total. The topological polar surface area (TPSA) is 75.4 Å². The summed E-state index contributed by atoms with van der Waals surface area (Å²) in [5.41, 5.74) is 6.94. The molecule has 2 fully saturated rings. The van der Waals surface area contributed by atoms with Gasteiger partial charge in [0, 0.05) is 24.7 Å². The number of carbonyl (C=O) groups is 2. The summed E-state index contributed by atoms with van der Waals surface area (Å²) in [6.45, 7) is 1.96. The number of piperidine rings is 1. The molecule has 0 bridgehead atoms. The highest BCUT2D eigenvalue weighted by molar-refractivity contribution is 5.93. The fourth-order valence-corrected chi connectivity index (χ4v) is 4.41. The van der Waals surface area contributed by atoms with Crippen LogP contribution in [0.15, 0.2) is 24.3 Å². The maximum absolute atomic E-state index is 13.0. The van der Waals surface area contributed by atoms with Gasteiger partial charge in [-0.15, -0.1) is 0 Å². The van der Waals surface area contributed by atoms with E-state index in [2.05, 4.69) is 10.2 Å². The second-order valence-corrected chi connectivity index (χ2v) is 8.23. The molecule has 1 saturated heterocycles. The predicted molar refractivity (Wildman–Crippen MR) is 104 cm³/mol. The summed E-state index contributed by atoms with van der Waals surface area (Å²) in [5, 5.41) is 2.85. The van der Waals surface area contributed by atoms with Gasteiger partial charge in [-0.3, -0.25) is 14.5 Å². The highest BCUT2D eigenvalue weighted by atomic mass is 19.4. The first-order valence-electron chi connectivity index (χ1n) is 10.2. The van der Waals surface area contributed by atoms with E-state index >= 15 is 0 Å². The van der Waals surface area contributed by atoms with E-state index in [0.29, 0.717) is 31.6 Å². The van der Waals surface area contributed by atoms with E-state index in [1.807, 2.05) is 12.1 Å². The summed E-state index contributed by atoms with van der Waals surface area (Å²) in [6.07, 6.45) is -1.75. The lowest BCUT2D eigenvalue weighted by atomic mass is 9.80. The summed E-state index contributed by atoms with van der Waals surface area (Å²) < 4.78 is 39.1. The van der Waals surface area contributed by atoms with E-state index in [-0.39, 0.29) is 30.6 Å². The molecule has 1 aliphatic carbocycles. The number of nitrogens with one attached hydrogen (secondary N) is 1. The van der Waals surface area contributed by atoms with Crippen LogP contribution in [0.25, 0.3) is 0 Å². The molecule has 2 aliphatic rings. The first-order valence-corrected chi connectivity index (χ1v) is 10.2. The van der Waals surface area contributed by atoms with Crippen LogP contribution in [-0.4, -0.2) is 36.0 Å². The molecule has 1 saturated carbocycles. The normalized spacial score (nSPS) is 26.1. The number of carbonyl (C=O) groups excluding carboxylic acids is 2. The van der Waals surface area contributed by atoms with Crippen LogP contribution in [-0.2, 0) is 16.1 Å². The minimum Gasteiger partial charge on any atom is -0.369 e. The summed E-state index contributed by atoms with van der Waals surface area (Å²) >= 11 is 0. The third-order valence-electron chi connectivity index (χ3n) is 6.08. The van der Waals surface area contributed by atoms with E-state index in [0.717, 1.165) is 24.9 Å². The Labute approximate surface area is 168 Å². The molecular formula is C21H28F3N3O2. The fraction of sp³-hybridized carbons (Fsp3) is 0.619. The van der Waals surface area contributed by atoms with Crippen molar-refractivity contribution in [1.82, 2.24) is 4.90 Å². The van der Waals surface area contributed by atoms with Crippen LogP contribution >= 0.6 is 0 Å². The minimum absolute atomic E-state index is 0.0971. The Hall–Kier alpha value is -2.09. The molecule has 3 rings (SSSR count). The van der Waals surface area contributed by atoms with Crippen molar-refractivity contribution < 1.29 is 22.8 Å². The van der Waals surface area contributed by atoms with E-state index in [1.54, 1.807) is 12.1 Å². The minimum atomic E-state index is -4.25. The van der Waals surface area contributed by atoms with Crippen molar-refractivity contribution >= 4 is 17.5 Å². The quantitative estimate of drug-likeness (QED) is 0.776. The predicted octanol–water partition coefficient (Wildman–Crippen LogP) is 3.69. The highest BCUT2D eigenvalue weighted by Crippen LogP contribution is 2.40. The molecule has 8 heteroatoms. The number of rotatable bonds is 5. The van der Waals surface area contributed by atoms with Gasteiger partial charge < -0.3 is 11.1 Å². The highest BCUT2D eigenvalue weighted by Gasteiger charge is 2.43. The Kier molecular flexibility index (Phi) is 6.82. The number of anilines is 1. The van der Waals surface area contributed by atoms with Gasteiger partial charge in [0.1, 0.15) is 0 Å². The average molecular weight is 411 g/mol. The van der Waals surface area contributed by atoms with Crippen molar-refractivity contribution in [3.63, 3.8) is 0 Å². The van der Waals surface area contributed by atoms with Gasteiger partial charge in [-0.1, -0.05) is 24.6 Å². The number of para-hydroxylation sites is 1. The number of amides is 2. The van der Waals surface area contributed by atoms with Crippen molar-refractivity contribution in [2.24, 2.45) is 23.5 Å². The molecule has 29 heavy (non-hydrogen) atoms. The van der Waals surface area contributed by atoms with Crippen molar-refractivity contribution in [2.45, 2.75) is 51.2 Å². The second-order valence-electron chi connectivity index (χ2n) is 8.23. The summed E-state index contributed by atoms with van der Waals surface area (Å²) in [7, 11) is 0. The lowest BCUT2D eigenvalue weighted by molar-refractivity contribution is -0.185. The van der Waals surface area contributed by atoms with Crippen LogP contribution < -0.4 is 11.1 Å². The number of primary amides is 1. The molecule has 3 unspecified atom stereocenters. The number of nitrogens with zero attached hydrogens (tertiary/aromatic N) is 1. The standard InChI is InChI=1S/C21H28F3N3O2/c22-21(23,24)17-8-3-6-14(11-17)20(29)26-18-9-2-1-5-15(18)12-27-10-4-7-16(13-27)19(25)28/h1-2,5,9,14,16-17H,3-4,6-8,10-13H2,(H2,25,28)(H,26,29). The van der Waals surface area contributed by atoms with Crippen LogP contribution in [0.2, 0.25) is 0 Å². The molecule has 1 aromatic rings. The third-order valence-corrected chi connectivity index (χ3v) is 6.08. The van der Waals surface area contributed by atoms with E-state index < -0.39 is 18.0 Å². The van der Waals surface area contributed by atoms with Gasteiger partial charge in [0.2, 0.25) is 11.8 Å². The lowest BCUT2D eigenvalue weighted by Crippen LogP contribution is -2.40. The number of hydrogen-bond acceptors (Lipinski definition) is 3. The Morgan fingerprint density at radius 3 is 2.55 bits per heavy atom. The zero-order chi connectivity index (χ0) is 21.0. The van der Waals surface area contributed by atoms with E-state index in [9.17, 15) is 22.8 Å². The summed E-state index contributed by atoms with van der Waals surface area (Å²) in [6, 6.07) is 7.32. The van der Waals surface area contributed by atoms with Crippen molar-refractivity contribution in [2.75, 3.05) is 18.4 Å². The van der Waals surface area contributed by atoms with Crippen LogP contribution in [0.5, 0.6) is 0 Å². The molecule has 3 N–H and O–H groups in total. The Morgan fingerprint density at radius 1 is 1.10 bits per heavy atom. The zero-order valence-electron chi connectivity index (χ0n) is 16.4. The van der Waals surface area contributed by atoms with Gasteiger partial charge in [0.25, 0.3) is 0 Å². The molecule has 2 amide bonds. The van der Waals surface area contributed by atoms with E-state index in [1.165, 1.54) is 0 Å². The van der Waals surface area contributed by atoms with Gasteiger partial charge >= 0.3 is 6.18 Å². The van der Waals surface area contributed by atoms with Gasteiger partial charge in [-0.25, -0.2) is 0 Å². The van der Waals surface area contributed by atoms with Crippen molar-refractivity contribution in [1.29, 1.82) is 0 Å². The van der Waals surface area contributed by atoms with E-state index in [4.69, 9.17) is 5.73 Å². The molecule has 0 aromatic heterocycles. The van der Waals surface area contributed by atoms with Gasteiger partial charge in [-0.05, 0) is 50.3 Å². The number of benzene rings is 1. The lowest BCUT2D eigenvalue weighted by Gasteiger charge is -2.32. The van der Waals surface area contributed by atoms with Gasteiger partial charge in [0.05, 0.1) is 11.8 Å². The molecular weight excluding hydrogens is 383 g/mol. The Balaban J connectivity index is 1.64. The largest absolute Gasteiger partial charge is 0.391 e. The van der Waals surface area contributed by atoms with Crippen LogP contribution in [0, 0.1) is 17.8 Å². The number of hydrogen-bond donors (Lipinski definition) is 2. The monoisotopic (exact) mass is 411 g/mol. The van der Waals surface area contributed by atoms with Crippen LogP contribution in [0.4, 0.5) is 18.9 Å². The molecule has 1 aliphatic heterocycles. The van der Waals surface area contributed by atoms with Crippen LogP contribution in [0.1, 0.15) is 44.1 Å². The van der Waals surface area contributed by atoms with Gasteiger partial charge in [-0.2, -0.15) is 13.2 Å². The molecule has 0 radical (unpaired) electrons. The first kappa shape index (κ1) is 21.6. The average Bonchev–Trinajstić information content (AvgIpc) is 2.69. The molecule has 1 heterocycles. The molecule has 3 atom stereocenters. The molecule has 160 valence electrons. The van der Waals surface area contributed by atoms with Crippen LogP contribution in [0.3, 0.4) is 0 Å². The van der Waals surface area contributed by atoms with Gasteiger partial charge in [0.15, 0.2) is 0 Å². The van der Waals surface area contributed by atoms with Crippen molar-refractivity contribution in [3.05, 3.63) is 29.8 Å². The number of nitrogens with two attached hydrogens (primary N) is 1. The number of halogens is 3. The fourth-order valence-electron chi connectivity index (χ4n) is 4.41. The van der Waals surface area contributed by atoms with Crippen molar-refractivity contribution in [3.8, 4) is 0 Å². The smallest absolute Gasteiger partial charge is 0.369 e. The summed E-state index contributed by atoms with van der Waals surface area (Å²) in [4.78, 5) is 26.3. The zero-order valence-corrected chi connectivity index (χ0v) is 16.4. The first-order chi connectivity index (χ1) is 13.7. The maximum atomic E-state index is 13.0. The maximum Gasteiger partial charge on any atom is 0.391 e. The number of alkyl halides is 3. The molecule has 1 aromatic carbocycles. The number of likely N-dealkylation sites (tertiary alicyclic amines) is 1. The molecule has 0 spiro atoms. The Morgan fingerprint density at radius 2 is 1.83 bits per heavy atom. The second kappa shape index (κ2) is 9.15. The summed E-state index contributed by atoms with van der Waals surface area (Å²) in [5.74, 6) is -2.85. The third kappa shape index (κ3) is 5.72.